The highest BCUT2D eigenvalue weighted by Crippen LogP contribution is 2.30. The predicted molar refractivity (Wildman–Crippen MR) is 114 cm³/mol. The summed E-state index contributed by atoms with van der Waals surface area (Å²) < 4.78 is 0. The van der Waals surface area contributed by atoms with Crippen LogP contribution >= 0.6 is 0 Å². The van der Waals surface area contributed by atoms with Crippen LogP contribution in [0.15, 0.2) is 72.9 Å². The first-order valence-corrected chi connectivity index (χ1v) is 9.46. The maximum absolute atomic E-state index is 13.0. The van der Waals surface area contributed by atoms with Crippen molar-refractivity contribution in [2.75, 3.05) is 0 Å². The smallest absolute Gasteiger partial charge is 0.328 e. The van der Waals surface area contributed by atoms with E-state index in [1.807, 2.05) is 56.3 Å². The molecule has 1 heterocycles. The number of rotatable bonds is 7. The van der Waals surface area contributed by atoms with Crippen molar-refractivity contribution >= 4 is 17.8 Å². The molecule has 0 spiro atoms. The van der Waals surface area contributed by atoms with Crippen LogP contribution in [0.5, 0.6) is 0 Å². The maximum Gasteiger partial charge on any atom is 0.328 e. The Kier molecular flexibility index (Phi) is 6.35. The summed E-state index contributed by atoms with van der Waals surface area (Å²) in [7, 11) is 0. The molecule has 1 aromatic heterocycles. The van der Waals surface area contributed by atoms with Crippen molar-refractivity contribution in [3.63, 3.8) is 0 Å². The lowest BCUT2D eigenvalue weighted by molar-refractivity contribution is -0.131. The summed E-state index contributed by atoms with van der Waals surface area (Å²) in [4.78, 5) is 27.8. The minimum atomic E-state index is -0.982. The number of pyridine rings is 1. The lowest BCUT2D eigenvalue weighted by Gasteiger charge is -2.18. The van der Waals surface area contributed by atoms with Gasteiger partial charge in [0.1, 0.15) is 0 Å². The summed E-state index contributed by atoms with van der Waals surface area (Å²) in [6, 6.07) is 19.4. The fourth-order valence-corrected chi connectivity index (χ4v) is 3.26. The lowest BCUT2D eigenvalue weighted by atomic mass is 9.85. The quantitative estimate of drug-likeness (QED) is 0.448. The Bertz CT molecular complexity index is 1030. The summed E-state index contributed by atoms with van der Waals surface area (Å²) in [5.74, 6) is -1.00. The van der Waals surface area contributed by atoms with Gasteiger partial charge in [0.2, 0.25) is 0 Å². The van der Waals surface area contributed by atoms with Gasteiger partial charge < -0.3 is 5.11 Å². The van der Waals surface area contributed by atoms with Crippen LogP contribution in [0.25, 0.3) is 6.08 Å². The molecule has 146 valence electrons. The molecular formula is C25H23NO3. The Hall–Kier alpha value is -3.53. The number of aryl methyl sites for hydroxylation is 2. The molecule has 4 heteroatoms. The predicted octanol–water partition coefficient (Wildman–Crippen LogP) is 5.20. The van der Waals surface area contributed by atoms with E-state index in [1.54, 1.807) is 18.3 Å². The van der Waals surface area contributed by atoms with E-state index in [1.165, 1.54) is 0 Å². The molecule has 29 heavy (non-hydrogen) atoms. The van der Waals surface area contributed by atoms with Crippen LogP contribution in [-0.2, 0) is 4.79 Å². The molecule has 2 aromatic carbocycles. The number of benzene rings is 2. The van der Waals surface area contributed by atoms with Crippen LogP contribution < -0.4 is 0 Å². The van der Waals surface area contributed by atoms with Crippen LogP contribution in [0.3, 0.4) is 0 Å². The van der Waals surface area contributed by atoms with E-state index in [0.717, 1.165) is 34.0 Å². The fourth-order valence-electron chi connectivity index (χ4n) is 3.26. The molecule has 0 amide bonds. The van der Waals surface area contributed by atoms with Crippen LogP contribution in [0.1, 0.15) is 50.6 Å². The zero-order chi connectivity index (χ0) is 20.8. The Morgan fingerprint density at radius 3 is 2.17 bits per heavy atom. The highest BCUT2D eigenvalue weighted by atomic mass is 16.4. The third kappa shape index (κ3) is 5.48. The van der Waals surface area contributed by atoms with Crippen molar-refractivity contribution in [3.8, 4) is 0 Å². The number of aromatic nitrogens is 1. The van der Waals surface area contributed by atoms with Gasteiger partial charge in [0.25, 0.3) is 0 Å². The highest BCUT2D eigenvalue weighted by Gasteiger charge is 2.19. The van der Waals surface area contributed by atoms with E-state index in [9.17, 15) is 9.59 Å². The van der Waals surface area contributed by atoms with Crippen LogP contribution in [0.2, 0.25) is 0 Å². The van der Waals surface area contributed by atoms with Gasteiger partial charge in [-0.2, -0.15) is 0 Å². The third-order valence-corrected chi connectivity index (χ3v) is 4.85. The Morgan fingerprint density at radius 1 is 0.966 bits per heavy atom. The molecular weight excluding hydrogens is 362 g/mol. The Labute approximate surface area is 170 Å². The van der Waals surface area contributed by atoms with Gasteiger partial charge in [0, 0.05) is 35.9 Å². The van der Waals surface area contributed by atoms with E-state index in [0.29, 0.717) is 12.0 Å². The maximum atomic E-state index is 13.0. The van der Waals surface area contributed by atoms with E-state index in [2.05, 4.69) is 17.1 Å². The zero-order valence-corrected chi connectivity index (χ0v) is 16.5. The van der Waals surface area contributed by atoms with Gasteiger partial charge in [0.05, 0.1) is 0 Å². The number of ketones is 1. The van der Waals surface area contributed by atoms with E-state index >= 15 is 0 Å². The van der Waals surface area contributed by atoms with Gasteiger partial charge in [-0.25, -0.2) is 4.79 Å². The standard InChI is InChI=1S/C25H23NO3/c1-17-3-8-20(9-4-17)23(16-24(27)22-13-14-26-18(2)15-22)21-10-5-19(6-11-21)7-12-25(28)29/h3-15,23H,16H2,1-2H3,(H,28,29). The van der Waals surface area contributed by atoms with Crippen molar-refractivity contribution in [1.29, 1.82) is 0 Å². The van der Waals surface area contributed by atoms with Crippen molar-refractivity contribution < 1.29 is 14.7 Å². The average molecular weight is 385 g/mol. The molecule has 1 N–H and O–H groups in total. The number of carbonyl (C=O) groups is 2. The van der Waals surface area contributed by atoms with Crippen molar-refractivity contribution in [2.45, 2.75) is 26.2 Å². The van der Waals surface area contributed by atoms with E-state index < -0.39 is 5.97 Å². The lowest BCUT2D eigenvalue weighted by Crippen LogP contribution is -2.10. The topological polar surface area (TPSA) is 67.3 Å². The van der Waals surface area contributed by atoms with Gasteiger partial charge >= 0.3 is 5.97 Å². The summed E-state index contributed by atoms with van der Waals surface area (Å²) in [6.45, 7) is 3.91. The molecule has 0 saturated heterocycles. The molecule has 0 aliphatic carbocycles. The summed E-state index contributed by atoms with van der Waals surface area (Å²) in [5.41, 5.74) is 5.53. The molecule has 3 rings (SSSR count). The SMILES string of the molecule is Cc1ccc(C(CC(=O)c2ccnc(C)c2)c2ccc(C=CC(=O)O)cc2)cc1. The van der Waals surface area contributed by atoms with Crippen LogP contribution in [0, 0.1) is 13.8 Å². The highest BCUT2D eigenvalue weighted by molar-refractivity contribution is 5.96. The van der Waals surface area contributed by atoms with Crippen molar-refractivity contribution in [1.82, 2.24) is 4.98 Å². The molecule has 0 aliphatic heterocycles. The summed E-state index contributed by atoms with van der Waals surface area (Å²) in [5, 5.41) is 8.79. The molecule has 0 aliphatic rings. The first-order chi connectivity index (χ1) is 13.9. The van der Waals surface area contributed by atoms with Gasteiger partial charge in [-0.05, 0) is 48.7 Å². The molecule has 4 nitrogen and oxygen atoms in total. The minimum Gasteiger partial charge on any atom is -0.478 e. The number of nitrogens with zero attached hydrogens (tertiary/aromatic N) is 1. The number of aliphatic carboxylic acids is 1. The molecule has 1 atom stereocenters. The normalized spacial score (nSPS) is 12.1. The monoisotopic (exact) mass is 385 g/mol. The van der Waals surface area contributed by atoms with Crippen LogP contribution in [-0.4, -0.2) is 21.8 Å². The van der Waals surface area contributed by atoms with E-state index in [4.69, 9.17) is 5.11 Å². The number of hydrogen-bond acceptors (Lipinski definition) is 3. The minimum absolute atomic E-state index is 0.0657. The number of Topliss-reactive ketones (excluding diaryl/α,β-unsaturated/α-hetero) is 1. The summed E-state index contributed by atoms with van der Waals surface area (Å²) >= 11 is 0. The second kappa shape index (κ2) is 9.11. The molecule has 0 radical (unpaired) electrons. The fraction of sp³-hybridized carbons (Fsp3) is 0.160. The number of hydrogen-bond donors (Lipinski definition) is 1. The second-order valence-electron chi connectivity index (χ2n) is 7.11. The van der Waals surface area contributed by atoms with E-state index in [-0.39, 0.29) is 11.7 Å². The largest absolute Gasteiger partial charge is 0.478 e. The first-order valence-electron chi connectivity index (χ1n) is 9.46. The van der Waals surface area contributed by atoms with Gasteiger partial charge in [-0.1, -0.05) is 54.1 Å². The average Bonchev–Trinajstić information content (AvgIpc) is 2.71. The van der Waals surface area contributed by atoms with Gasteiger partial charge in [0.15, 0.2) is 5.78 Å². The molecule has 0 bridgehead atoms. The number of carbonyl (C=O) groups excluding carboxylic acids is 1. The van der Waals surface area contributed by atoms with Crippen molar-refractivity contribution in [2.24, 2.45) is 0 Å². The Morgan fingerprint density at radius 2 is 1.59 bits per heavy atom. The first kappa shape index (κ1) is 20.2. The second-order valence-corrected chi connectivity index (χ2v) is 7.11. The number of carboxylic acid groups (broad SMARTS) is 1. The van der Waals surface area contributed by atoms with Gasteiger partial charge in [-0.3, -0.25) is 9.78 Å². The molecule has 0 fully saturated rings. The molecule has 3 aromatic rings. The van der Waals surface area contributed by atoms with Crippen molar-refractivity contribution in [3.05, 3.63) is 106 Å². The zero-order valence-electron chi connectivity index (χ0n) is 16.5. The van der Waals surface area contributed by atoms with Crippen LogP contribution in [0.4, 0.5) is 0 Å². The number of carboxylic acids is 1. The molecule has 1 unspecified atom stereocenters. The summed E-state index contributed by atoms with van der Waals surface area (Å²) in [6.07, 6.45) is 4.67. The molecule has 0 saturated carbocycles. The Balaban J connectivity index is 1.92. The van der Waals surface area contributed by atoms with Gasteiger partial charge in [-0.15, -0.1) is 0 Å². The third-order valence-electron chi connectivity index (χ3n) is 4.85.